The molecule has 0 aromatic carbocycles. The maximum atomic E-state index is 8.96. The van der Waals surface area contributed by atoms with Gasteiger partial charge in [-0.3, -0.25) is 0 Å². The van der Waals surface area contributed by atoms with Crippen molar-refractivity contribution < 1.29 is 9.84 Å². The molecule has 2 rings (SSSR count). The first kappa shape index (κ1) is 10.8. The molecular formula is C11H20O2S. The molecule has 1 N–H and O–H groups in total. The summed E-state index contributed by atoms with van der Waals surface area (Å²) < 4.78 is 5.99. The summed E-state index contributed by atoms with van der Waals surface area (Å²) in [5.41, 5.74) is 0.198. The van der Waals surface area contributed by atoms with E-state index >= 15 is 0 Å². The molecule has 2 aliphatic heterocycles. The molecule has 0 aromatic heterocycles. The highest BCUT2D eigenvalue weighted by molar-refractivity contribution is 7.99. The number of hydrogen-bond acceptors (Lipinski definition) is 3. The van der Waals surface area contributed by atoms with Gasteiger partial charge in [0.15, 0.2) is 0 Å². The normalized spacial score (nSPS) is 31.9. The molecule has 1 spiro atoms. The van der Waals surface area contributed by atoms with Crippen LogP contribution in [0.1, 0.15) is 32.1 Å². The lowest BCUT2D eigenvalue weighted by molar-refractivity contribution is -0.104. The Morgan fingerprint density at radius 3 is 2.86 bits per heavy atom. The Morgan fingerprint density at radius 2 is 2.14 bits per heavy atom. The molecule has 1 atom stereocenters. The second-order valence-corrected chi connectivity index (χ2v) is 5.74. The maximum Gasteiger partial charge on any atom is 0.0701 e. The number of thioether (sulfide) groups is 1. The molecule has 0 amide bonds. The molecule has 3 heteroatoms. The highest BCUT2D eigenvalue weighted by atomic mass is 32.2. The van der Waals surface area contributed by atoms with Crippen LogP contribution in [0.3, 0.4) is 0 Å². The lowest BCUT2D eigenvalue weighted by Crippen LogP contribution is -2.42. The molecule has 0 aliphatic carbocycles. The first-order valence-electron chi connectivity index (χ1n) is 5.67. The van der Waals surface area contributed by atoms with Gasteiger partial charge in [-0.1, -0.05) is 0 Å². The van der Waals surface area contributed by atoms with Gasteiger partial charge in [0.05, 0.1) is 5.60 Å². The Morgan fingerprint density at radius 1 is 1.36 bits per heavy atom. The smallest absolute Gasteiger partial charge is 0.0701 e. The third-order valence-corrected chi connectivity index (χ3v) is 4.52. The van der Waals surface area contributed by atoms with Crippen molar-refractivity contribution in [3.8, 4) is 0 Å². The van der Waals surface area contributed by atoms with Crippen molar-refractivity contribution in [2.45, 2.75) is 37.7 Å². The number of aliphatic hydroxyl groups is 1. The van der Waals surface area contributed by atoms with Crippen LogP contribution < -0.4 is 0 Å². The summed E-state index contributed by atoms with van der Waals surface area (Å²) in [5.74, 6) is 3.22. The van der Waals surface area contributed by atoms with Crippen molar-refractivity contribution in [3.05, 3.63) is 0 Å². The summed E-state index contributed by atoms with van der Waals surface area (Å²) in [5, 5.41) is 8.96. The minimum atomic E-state index is 0.198. The Kier molecular flexibility index (Phi) is 3.74. The highest BCUT2D eigenvalue weighted by Gasteiger charge is 2.38. The van der Waals surface area contributed by atoms with Gasteiger partial charge in [-0.2, -0.15) is 11.8 Å². The van der Waals surface area contributed by atoms with Gasteiger partial charge in [-0.05, 0) is 49.5 Å². The van der Waals surface area contributed by atoms with Crippen LogP contribution in [0.15, 0.2) is 0 Å². The topological polar surface area (TPSA) is 29.5 Å². The minimum absolute atomic E-state index is 0.198. The van der Waals surface area contributed by atoms with Gasteiger partial charge in [0.2, 0.25) is 0 Å². The van der Waals surface area contributed by atoms with Crippen LogP contribution in [-0.2, 0) is 4.74 Å². The quantitative estimate of drug-likeness (QED) is 0.766. The SMILES string of the molecule is OCCC1CCOC2(CCSCC2)C1. The molecule has 2 saturated heterocycles. The fourth-order valence-electron chi connectivity index (χ4n) is 2.65. The Bertz CT molecular complexity index is 171. The predicted octanol–water partition coefficient (Wildman–Crippen LogP) is 2.06. The third-order valence-electron chi connectivity index (χ3n) is 3.54. The molecule has 82 valence electrons. The fourth-order valence-corrected chi connectivity index (χ4v) is 3.89. The van der Waals surface area contributed by atoms with Gasteiger partial charge in [0.1, 0.15) is 0 Å². The van der Waals surface area contributed by atoms with E-state index in [2.05, 4.69) is 0 Å². The highest BCUT2D eigenvalue weighted by Crippen LogP contribution is 2.40. The maximum absolute atomic E-state index is 8.96. The standard InChI is InChI=1S/C11H20O2S/c12-5-1-10-2-6-13-11(9-10)3-7-14-8-4-11/h10,12H,1-9H2. The minimum Gasteiger partial charge on any atom is -0.396 e. The average Bonchev–Trinajstić information content (AvgIpc) is 2.19. The second kappa shape index (κ2) is 4.86. The van der Waals surface area contributed by atoms with Crippen molar-refractivity contribution in [2.24, 2.45) is 5.92 Å². The number of aliphatic hydroxyl groups excluding tert-OH is 1. The first-order chi connectivity index (χ1) is 6.85. The van der Waals surface area contributed by atoms with Crippen LogP contribution in [0.2, 0.25) is 0 Å². The summed E-state index contributed by atoms with van der Waals surface area (Å²) in [7, 11) is 0. The third kappa shape index (κ3) is 2.44. The summed E-state index contributed by atoms with van der Waals surface area (Å²) >= 11 is 2.05. The molecule has 14 heavy (non-hydrogen) atoms. The van der Waals surface area contributed by atoms with Crippen LogP contribution in [0.25, 0.3) is 0 Å². The molecule has 0 radical (unpaired) electrons. The van der Waals surface area contributed by atoms with E-state index in [-0.39, 0.29) is 5.60 Å². The van der Waals surface area contributed by atoms with E-state index in [1.54, 1.807) is 0 Å². The van der Waals surface area contributed by atoms with Crippen molar-refractivity contribution in [3.63, 3.8) is 0 Å². The van der Waals surface area contributed by atoms with E-state index in [0.29, 0.717) is 12.5 Å². The van der Waals surface area contributed by atoms with E-state index < -0.39 is 0 Å². The fraction of sp³-hybridized carbons (Fsp3) is 1.00. The zero-order valence-corrected chi connectivity index (χ0v) is 9.52. The molecule has 1 unspecified atom stereocenters. The van der Waals surface area contributed by atoms with Crippen molar-refractivity contribution in [2.75, 3.05) is 24.7 Å². The molecule has 0 aromatic rings. The molecule has 0 bridgehead atoms. The van der Waals surface area contributed by atoms with Crippen molar-refractivity contribution in [1.29, 1.82) is 0 Å². The van der Waals surface area contributed by atoms with Crippen molar-refractivity contribution in [1.82, 2.24) is 0 Å². The van der Waals surface area contributed by atoms with Crippen LogP contribution in [0.5, 0.6) is 0 Å². The average molecular weight is 216 g/mol. The number of rotatable bonds is 2. The van der Waals surface area contributed by atoms with Gasteiger partial charge in [0.25, 0.3) is 0 Å². The van der Waals surface area contributed by atoms with Gasteiger partial charge in [0, 0.05) is 13.2 Å². The monoisotopic (exact) mass is 216 g/mol. The Labute approximate surface area is 90.4 Å². The first-order valence-corrected chi connectivity index (χ1v) is 6.83. The van der Waals surface area contributed by atoms with E-state index in [1.165, 1.54) is 30.8 Å². The number of ether oxygens (including phenoxy) is 1. The van der Waals surface area contributed by atoms with Gasteiger partial charge >= 0.3 is 0 Å². The predicted molar refractivity (Wildman–Crippen MR) is 59.7 cm³/mol. The van der Waals surface area contributed by atoms with Crippen LogP contribution >= 0.6 is 11.8 Å². The lowest BCUT2D eigenvalue weighted by Gasteiger charge is -2.43. The molecule has 2 heterocycles. The van der Waals surface area contributed by atoms with E-state index in [4.69, 9.17) is 9.84 Å². The van der Waals surface area contributed by atoms with Gasteiger partial charge in [-0.25, -0.2) is 0 Å². The Balaban J connectivity index is 1.91. The summed E-state index contributed by atoms with van der Waals surface area (Å²) in [6.07, 6.45) is 5.75. The zero-order valence-electron chi connectivity index (χ0n) is 8.71. The molecular weight excluding hydrogens is 196 g/mol. The summed E-state index contributed by atoms with van der Waals surface area (Å²) in [4.78, 5) is 0. The summed E-state index contributed by atoms with van der Waals surface area (Å²) in [6, 6.07) is 0. The van der Waals surface area contributed by atoms with E-state index in [0.717, 1.165) is 19.4 Å². The zero-order chi connectivity index (χ0) is 9.86. The van der Waals surface area contributed by atoms with Gasteiger partial charge in [-0.15, -0.1) is 0 Å². The molecule has 2 fully saturated rings. The van der Waals surface area contributed by atoms with Crippen LogP contribution in [-0.4, -0.2) is 35.4 Å². The van der Waals surface area contributed by atoms with Crippen molar-refractivity contribution >= 4 is 11.8 Å². The van der Waals surface area contributed by atoms with E-state index in [9.17, 15) is 0 Å². The van der Waals surface area contributed by atoms with Crippen LogP contribution in [0, 0.1) is 5.92 Å². The van der Waals surface area contributed by atoms with Gasteiger partial charge < -0.3 is 9.84 Å². The number of hydrogen-bond donors (Lipinski definition) is 1. The van der Waals surface area contributed by atoms with E-state index in [1.807, 2.05) is 11.8 Å². The molecule has 0 saturated carbocycles. The second-order valence-electron chi connectivity index (χ2n) is 4.51. The lowest BCUT2D eigenvalue weighted by atomic mass is 9.81. The molecule has 2 aliphatic rings. The Hall–Kier alpha value is 0.270. The largest absolute Gasteiger partial charge is 0.396 e. The summed E-state index contributed by atoms with van der Waals surface area (Å²) in [6.45, 7) is 1.25. The van der Waals surface area contributed by atoms with Crippen LogP contribution in [0.4, 0.5) is 0 Å². The molecule has 2 nitrogen and oxygen atoms in total.